The highest BCUT2D eigenvalue weighted by Crippen LogP contribution is 2.45. The average molecular weight is 776 g/mol. The van der Waals surface area contributed by atoms with Gasteiger partial charge in [-0.3, -0.25) is 9.29 Å². The molecule has 0 saturated carbocycles. The third-order valence-corrected chi connectivity index (χ3v) is 16.6. The number of fused-ring (bicyclic) bond motifs is 3. The minimum Gasteiger partial charge on any atom is -0.401 e. The number of aliphatic hydroxyl groups excluding tert-OH is 1. The monoisotopic (exact) mass is 775 g/mol. The second-order valence-electron chi connectivity index (χ2n) is 16.4. The van der Waals surface area contributed by atoms with Crippen molar-refractivity contribution in [1.29, 1.82) is 0 Å². The second-order valence-corrected chi connectivity index (χ2v) is 20.7. The van der Waals surface area contributed by atoms with Crippen molar-refractivity contribution in [3.05, 3.63) is 131 Å². The molecule has 7 rings (SSSR count). The van der Waals surface area contributed by atoms with Crippen LogP contribution in [0, 0.1) is 17.6 Å². The molecule has 2 aliphatic rings. The van der Waals surface area contributed by atoms with Gasteiger partial charge in [-0.05, 0) is 64.5 Å². The molecule has 5 nitrogen and oxygen atoms in total. The lowest BCUT2D eigenvalue weighted by Crippen LogP contribution is -2.67. The van der Waals surface area contributed by atoms with Crippen molar-refractivity contribution in [2.24, 2.45) is 5.92 Å². The van der Waals surface area contributed by atoms with Crippen LogP contribution in [0.25, 0.3) is 10.9 Å². The Bertz CT molecular complexity index is 2020. The van der Waals surface area contributed by atoms with Crippen LogP contribution in [0.5, 0.6) is 0 Å². The Kier molecular flexibility index (Phi) is 11.1. The zero-order valence-electron chi connectivity index (χ0n) is 31.8. The number of aliphatic hydroxyl groups is 1. The van der Waals surface area contributed by atoms with E-state index < -0.39 is 68.9 Å². The Labute approximate surface area is 321 Å². The van der Waals surface area contributed by atoms with Crippen molar-refractivity contribution in [1.82, 2.24) is 14.8 Å². The topological polar surface area (TPSA) is 51.7 Å². The van der Waals surface area contributed by atoms with Crippen LogP contribution < -0.4 is 10.4 Å². The van der Waals surface area contributed by atoms with Crippen LogP contribution in [0.15, 0.2) is 97.1 Å². The molecule has 55 heavy (non-hydrogen) atoms. The molecule has 0 bridgehead atoms. The van der Waals surface area contributed by atoms with E-state index in [1.165, 1.54) is 4.90 Å². The summed E-state index contributed by atoms with van der Waals surface area (Å²) in [5, 5.41) is 13.2. The molecule has 2 N–H and O–H groups in total. The number of aromatic nitrogens is 1. The first-order valence-corrected chi connectivity index (χ1v) is 21.1. The first kappa shape index (κ1) is 39.4. The van der Waals surface area contributed by atoms with E-state index in [1.807, 2.05) is 118 Å². The Morgan fingerprint density at radius 2 is 1.47 bits per heavy atom. The number of alkyl halides is 3. The van der Waals surface area contributed by atoms with Crippen LogP contribution in [0.3, 0.4) is 0 Å². The number of hydrogen-bond acceptors (Lipinski definition) is 4. The first-order valence-electron chi connectivity index (χ1n) is 19.2. The van der Waals surface area contributed by atoms with Gasteiger partial charge in [-0.1, -0.05) is 99.6 Å². The fourth-order valence-corrected chi connectivity index (χ4v) is 13.5. The maximum Gasteiger partial charge on any atom is 0.282 e. The molecule has 0 aliphatic carbocycles. The molecule has 2 aliphatic heterocycles. The summed E-state index contributed by atoms with van der Waals surface area (Å²) in [6.07, 6.45) is -0.354. The van der Waals surface area contributed by atoms with Gasteiger partial charge in [-0.2, -0.15) is 0 Å². The normalized spacial score (nSPS) is 19.4. The van der Waals surface area contributed by atoms with Crippen molar-refractivity contribution >= 4 is 29.6 Å². The number of aromatic amines is 1. The molecule has 4 aromatic carbocycles. The summed E-state index contributed by atoms with van der Waals surface area (Å²) in [4.78, 5) is 6.83. The molecule has 0 amide bonds. The highest BCUT2D eigenvalue weighted by atomic mass is 28.4. The predicted octanol–water partition coefficient (Wildman–Crippen LogP) is 8.32. The minimum absolute atomic E-state index is 0.0882. The molecule has 1 fully saturated rings. The number of nitrogens with zero attached hydrogens (tertiary/aromatic N) is 2. The number of hydrogen-bond donors (Lipinski definition) is 2. The van der Waals surface area contributed by atoms with Crippen LogP contribution in [0.2, 0.25) is 5.04 Å². The highest BCUT2D eigenvalue weighted by molar-refractivity contribution is 6.99. The van der Waals surface area contributed by atoms with Crippen molar-refractivity contribution in [3.63, 3.8) is 0 Å². The smallest absolute Gasteiger partial charge is 0.282 e. The van der Waals surface area contributed by atoms with Crippen LogP contribution in [0.4, 0.5) is 22.0 Å². The third-order valence-electron chi connectivity index (χ3n) is 11.6. The lowest BCUT2D eigenvalue weighted by Gasteiger charge is -2.45. The standard InChI is InChI=1S/C44H50F5N3O2Si/c1-29-22-35-34-18-11-12-19-38(34)50-40(35)41(39-36(46)23-30(24-37(39)47)42(53)31-25-51(26-31)21-13-20-45)52(29)27-44(48,49)28-54-55(43(2,3)4,32-14-7-5-8-15-32)33-16-9-6-10-17-33/h5-12,14-19,23-24,29,31,41-42,50,53H,13,20-22,25-28H2,1-4H3/t29-,41-,42-/m1/s1. The van der Waals surface area contributed by atoms with Gasteiger partial charge in [0.25, 0.3) is 14.2 Å². The number of H-pyrrole nitrogens is 1. The summed E-state index contributed by atoms with van der Waals surface area (Å²) in [5.41, 5.74) is 1.80. The molecule has 1 saturated heterocycles. The molecular weight excluding hydrogens is 726 g/mol. The van der Waals surface area contributed by atoms with Crippen molar-refractivity contribution < 1.29 is 31.5 Å². The van der Waals surface area contributed by atoms with E-state index in [0.717, 1.165) is 39.0 Å². The van der Waals surface area contributed by atoms with Crippen molar-refractivity contribution in [2.45, 2.75) is 69.7 Å². The SMILES string of the molecule is C[C@@H]1Cc2c([nH]c3ccccc23)[C@@H](c2c(F)cc([C@@H](O)C3CN(CCCF)C3)cc2F)N1CC(F)(F)CO[Si](c1ccccc1)(c1ccccc1)C(C)(C)C. The van der Waals surface area contributed by atoms with E-state index in [9.17, 15) is 9.50 Å². The Hall–Kier alpha value is -3.87. The molecule has 3 heterocycles. The van der Waals surface area contributed by atoms with Crippen LogP contribution in [-0.2, 0) is 10.8 Å². The fourth-order valence-electron chi connectivity index (χ4n) is 8.94. The predicted molar refractivity (Wildman–Crippen MR) is 210 cm³/mol. The van der Waals surface area contributed by atoms with Gasteiger partial charge >= 0.3 is 0 Å². The van der Waals surface area contributed by atoms with Crippen molar-refractivity contribution in [2.75, 3.05) is 39.5 Å². The molecule has 11 heteroatoms. The molecule has 0 spiro atoms. The molecule has 5 aromatic rings. The van der Waals surface area contributed by atoms with Crippen molar-refractivity contribution in [3.8, 4) is 0 Å². The summed E-state index contributed by atoms with van der Waals surface area (Å²) < 4.78 is 86.0. The third kappa shape index (κ3) is 7.54. The van der Waals surface area contributed by atoms with Gasteiger partial charge < -0.3 is 19.4 Å². The molecule has 0 unspecified atom stereocenters. The molecule has 292 valence electrons. The largest absolute Gasteiger partial charge is 0.401 e. The van der Waals surface area contributed by atoms with Gasteiger partial charge in [0.05, 0.1) is 32.0 Å². The number of para-hydroxylation sites is 1. The zero-order chi connectivity index (χ0) is 39.1. The van der Waals surface area contributed by atoms with E-state index in [4.69, 9.17) is 4.43 Å². The summed E-state index contributed by atoms with van der Waals surface area (Å²) in [6.45, 7) is 7.28. The van der Waals surface area contributed by atoms with Gasteiger partial charge in [0.1, 0.15) is 11.6 Å². The summed E-state index contributed by atoms with van der Waals surface area (Å²) in [6, 6.07) is 27.2. The maximum atomic E-state index is 16.8. The van der Waals surface area contributed by atoms with Gasteiger partial charge in [0, 0.05) is 53.8 Å². The summed E-state index contributed by atoms with van der Waals surface area (Å²) in [5.74, 6) is -5.51. The first-order chi connectivity index (χ1) is 26.2. The number of nitrogens with one attached hydrogen (secondary N) is 1. The molecule has 1 aromatic heterocycles. The molecule has 3 atom stereocenters. The van der Waals surface area contributed by atoms with Crippen LogP contribution >= 0.6 is 0 Å². The van der Waals surface area contributed by atoms with E-state index >= 15 is 17.6 Å². The maximum absolute atomic E-state index is 16.8. The highest BCUT2D eigenvalue weighted by Gasteiger charge is 2.53. The number of likely N-dealkylation sites (tertiary alicyclic amines) is 1. The van der Waals surface area contributed by atoms with Gasteiger partial charge in [-0.15, -0.1) is 0 Å². The lowest BCUT2D eigenvalue weighted by molar-refractivity contribution is -0.0825. The fraction of sp³-hybridized carbons (Fsp3) is 0.409. The van der Waals surface area contributed by atoms with Gasteiger partial charge in [0.2, 0.25) is 0 Å². The van der Waals surface area contributed by atoms with E-state index in [2.05, 4.69) is 4.98 Å². The van der Waals surface area contributed by atoms with Crippen LogP contribution in [-0.4, -0.2) is 79.6 Å². The average Bonchev–Trinajstić information content (AvgIpc) is 3.50. The Morgan fingerprint density at radius 1 is 0.891 bits per heavy atom. The van der Waals surface area contributed by atoms with E-state index in [1.54, 1.807) is 0 Å². The lowest BCUT2D eigenvalue weighted by atomic mass is 9.85. The molecule has 0 radical (unpaired) electrons. The van der Waals surface area contributed by atoms with E-state index in [0.29, 0.717) is 38.2 Å². The van der Waals surface area contributed by atoms with E-state index in [-0.39, 0.29) is 17.0 Å². The zero-order valence-corrected chi connectivity index (χ0v) is 32.8. The summed E-state index contributed by atoms with van der Waals surface area (Å²) >= 11 is 0. The number of rotatable bonds is 13. The van der Waals surface area contributed by atoms with Gasteiger partial charge in [0.15, 0.2) is 0 Å². The quantitative estimate of drug-likeness (QED) is 0.0934. The van der Waals surface area contributed by atoms with Crippen LogP contribution in [0.1, 0.15) is 68.6 Å². The molecular formula is C44H50F5N3O2Si. The summed E-state index contributed by atoms with van der Waals surface area (Å²) in [7, 11) is -3.32. The minimum atomic E-state index is -3.43. The van der Waals surface area contributed by atoms with Gasteiger partial charge in [-0.25, -0.2) is 17.6 Å². The second kappa shape index (κ2) is 15.6. The number of benzene rings is 4. The number of halogens is 5. The Morgan fingerprint density at radius 3 is 2.05 bits per heavy atom. The Balaban J connectivity index is 1.24.